The fourth-order valence-electron chi connectivity index (χ4n) is 1.21. The predicted octanol–water partition coefficient (Wildman–Crippen LogP) is 2.17. The summed E-state index contributed by atoms with van der Waals surface area (Å²) in [6.45, 7) is 3.13. The summed E-state index contributed by atoms with van der Waals surface area (Å²) >= 11 is 3.22. The van der Waals surface area contributed by atoms with Crippen LogP contribution < -0.4 is 0 Å². The minimum atomic E-state index is -3.67. The van der Waals surface area contributed by atoms with Crippen LogP contribution in [0.25, 0.3) is 0 Å². The van der Waals surface area contributed by atoms with Gasteiger partial charge in [-0.1, -0.05) is 15.9 Å². The van der Waals surface area contributed by atoms with Gasteiger partial charge in [0.05, 0.1) is 11.5 Å². The van der Waals surface area contributed by atoms with Crippen molar-refractivity contribution in [3.8, 4) is 0 Å². The molecule has 0 saturated carbocycles. The lowest BCUT2D eigenvalue weighted by atomic mass is 10.4. The van der Waals surface area contributed by atoms with E-state index in [4.69, 9.17) is 4.74 Å². The highest BCUT2D eigenvalue weighted by Gasteiger charge is 2.30. The van der Waals surface area contributed by atoms with Crippen molar-refractivity contribution in [1.82, 2.24) is 0 Å². The molecule has 0 fully saturated rings. The summed E-state index contributed by atoms with van der Waals surface area (Å²) in [6, 6.07) is 6.14. The van der Waals surface area contributed by atoms with Gasteiger partial charge >= 0.3 is 5.97 Å². The van der Waals surface area contributed by atoms with Crippen molar-refractivity contribution in [2.24, 2.45) is 0 Å². The quantitative estimate of drug-likeness (QED) is 0.798. The number of benzene rings is 1. The summed E-state index contributed by atoms with van der Waals surface area (Å²) in [6.07, 6.45) is 0. The lowest BCUT2D eigenvalue weighted by molar-refractivity contribution is -0.142. The molecular weight excluding hydrogens is 308 g/mol. The van der Waals surface area contributed by atoms with Crippen LogP contribution in [0, 0.1) is 0 Å². The zero-order chi connectivity index (χ0) is 13.1. The van der Waals surface area contributed by atoms with Gasteiger partial charge in [-0.25, -0.2) is 8.42 Å². The number of hydrogen-bond acceptors (Lipinski definition) is 4. The second-order valence-electron chi connectivity index (χ2n) is 3.39. The Morgan fingerprint density at radius 3 is 2.35 bits per heavy atom. The highest BCUT2D eigenvalue weighted by atomic mass is 79.9. The molecule has 17 heavy (non-hydrogen) atoms. The van der Waals surface area contributed by atoms with Gasteiger partial charge in [0, 0.05) is 4.47 Å². The first-order valence-electron chi connectivity index (χ1n) is 5.05. The maximum Gasteiger partial charge on any atom is 0.324 e. The summed E-state index contributed by atoms with van der Waals surface area (Å²) in [4.78, 5) is 11.5. The van der Waals surface area contributed by atoms with Gasteiger partial charge in [0.1, 0.15) is 0 Å². The van der Waals surface area contributed by atoms with Gasteiger partial charge in [0.2, 0.25) is 0 Å². The summed E-state index contributed by atoms with van der Waals surface area (Å²) < 4.78 is 29.6. The van der Waals surface area contributed by atoms with Crippen LogP contribution in [0.2, 0.25) is 0 Å². The molecular formula is C11H13BrO4S. The Morgan fingerprint density at radius 1 is 1.35 bits per heavy atom. The van der Waals surface area contributed by atoms with Crippen LogP contribution in [-0.2, 0) is 19.4 Å². The van der Waals surface area contributed by atoms with Crippen LogP contribution in [0.15, 0.2) is 33.6 Å². The molecule has 1 aromatic rings. The van der Waals surface area contributed by atoms with E-state index in [1.807, 2.05) is 0 Å². The minimum Gasteiger partial charge on any atom is -0.465 e. The average molecular weight is 321 g/mol. The first-order chi connectivity index (χ1) is 7.89. The molecule has 0 amide bonds. The van der Waals surface area contributed by atoms with Crippen molar-refractivity contribution < 1.29 is 17.9 Å². The van der Waals surface area contributed by atoms with Crippen molar-refractivity contribution in [1.29, 1.82) is 0 Å². The Bertz CT molecular complexity index is 493. The molecule has 0 radical (unpaired) electrons. The summed E-state index contributed by atoms with van der Waals surface area (Å²) in [7, 11) is -3.67. The molecule has 4 nitrogen and oxygen atoms in total. The molecule has 6 heteroatoms. The second kappa shape index (κ2) is 5.64. The third kappa shape index (κ3) is 3.29. The largest absolute Gasteiger partial charge is 0.465 e. The van der Waals surface area contributed by atoms with Crippen molar-refractivity contribution in [3.63, 3.8) is 0 Å². The molecule has 94 valence electrons. The number of ether oxygens (including phenoxy) is 1. The molecule has 0 aliphatic rings. The second-order valence-corrected chi connectivity index (χ2v) is 6.58. The Labute approximate surface area is 109 Å². The van der Waals surface area contributed by atoms with E-state index < -0.39 is 21.1 Å². The summed E-state index contributed by atoms with van der Waals surface area (Å²) in [5, 5.41) is -1.19. The van der Waals surface area contributed by atoms with E-state index in [0.29, 0.717) is 0 Å². The lowest BCUT2D eigenvalue weighted by Gasteiger charge is -2.11. The summed E-state index contributed by atoms with van der Waals surface area (Å²) in [5.74, 6) is -0.726. The van der Waals surface area contributed by atoms with Crippen molar-refractivity contribution >= 4 is 31.7 Å². The number of carbonyl (C=O) groups is 1. The Morgan fingerprint density at radius 2 is 1.88 bits per heavy atom. The minimum absolute atomic E-state index is 0.112. The highest BCUT2D eigenvalue weighted by molar-refractivity contribution is 9.10. The van der Waals surface area contributed by atoms with Crippen LogP contribution in [0.4, 0.5) is 0 Å². The topological polar surface area (TPSA) is 60.4 Å². The van der Waals surface area contributed by atoms with Gasteiger partial charge in [-0.3, -0.25) is 4.79 Å². The standard InChI is InChI=1S/C11H13BrO4S/c1-3-16-11(13)8(2)17(14,15)10-6-4-9(12)5-7-10/h4-8H,3H2,1-2H3. The molecule has 0 spiro atoms. The molecule has 0 heterocycles. The van der Waals surface area contributed by atoms with Crippen molar-refractivity contribution in [2.45, 2.75) is 24.0 Å². The monoisotopic (exact) mass is 320 g/mol. The molecule has 0 aromatic heterocycles. The fraction of sp³-hybridized carbons (Fsp3) is 0.364. The first kappa shape index (κ1) is 14.2. The molecule has 1 aromatic carbocycles. The van der Waals surface area contributed by atoms with Crippen molar-refractivity contribution in [3.05, 3.63) is 28.7 Å². The van der Waals surface area contributed by atoms with E-state index in [0.717, 1.165) is 4.47 Å². The Hall–Kier alpha value is -0.880. The number of esters is 1. The molecule has 0 bridgehead atoms. The molecule has 1 atom stereocenters. The Balaban J connectivity index is 3.03. The van der Waals surface area contributed by atoms with Crippen LogP contribution in [0.1, 0.15) is 13.8 Å². The number of rotatable bonds is 4. The molecule has 0 aliphatic carbocycles. The van der Waals surface area contributed by atoms with E-state index in [9.17, 15) is 13.2 Å². The molecule has 0 N–H and O–H groups in total. The highest BCUT2D eigenvalue weighted by Crippen LogP contribution is 2.19. The van der Waals surface area contributed by atoms with Gasteiger partial charge in [0.15, 0.2) is 15.1 Å². The zero-order valence-electron chi connectivity index (χ0n) is 9.51. The van der Waals surface area contributed by atoms with E-state index in [2.05, 4.69) is 15.9 Å². The first-order valence-corrected chi connectivity index (χ1v) is 7.39. The van der Waals surface area contributed by atoms with E-state index >= 15 is 0 Å². The van der Waals surface area contributed by atoms with Gasteiger partial charge in [-0.2, -0.15) is 0 Å². The lowest BCUT2D eigenvalue weighted by Crippen LogP contribution is -2.29. The van der Waals surface area contributed by atoms with Crippen LogP contribution in [-0.4, -0.2) is 26.2 Å². The molecule has 0 aliphatic heterocycles. The predicted molar refractivity (Wildman–Crippen MR) is 67.4 cm³/mol. The number of carbonyl (C=O) groups excluding carboxylic acids is 1. The normalized spacial score (nSPS) is 13.1. The molecule has 1 rings (SSSR count). The zero-order valence-corrected chi connectivity index (χ0v) is 11.9. The van der Waals surface area contributed by atoms with Gasteiger partial charge in [0.25, 0.3) is 0 Å². The van der Waals surface area contributed by atoms with E-state index in [1.165, 1.54) is 19.1 Å². The molecule has 0 saturated heterocycles. The van der Waals surface area contributed by atoms with E-state index in [1.54, 1.807) is 19.1 Å². The maximum atomic E-state index is 12.0. The number of halogens is 1. The maximum absolute atomic E-state index is 12.0. The van der Waals surface area contributed by atoms with Crippen LogP contribution in [0.3, 0.4) is 0 Å². The molecule has 1 unspecified atom stereocenters. The van der Waals surface area contributed by atoms with Gasteiger partial charge in [-0.15, -0.1) is 0 Å². The van der Waals surface area contributed by atoms with Gasteiger partial charge < -0.3 is 4.74 Å². The average Bonchev–Trinajstić information content (AvgIpc) is 2.29. The van der Waals surface area contributed by atoms with Gasteiger partial charge in [-0.05, 0) is 38.1 Å². The van der Waals surface area contributed by atoms with Crippen LogP contribution in [0.5, 0.6) is 0 Å². The third-order valence-corrected chi connectivity index (χ3v) is 4.81. The number of sulfone groups is 1. The van der Waals surface area contributed by atoms with Crippen molar-refractivity contribution in [2.75, 3.05) is 6.61 Å². The summed E-state index contributed by atoms with van der Waals surface area (Å²) in [5.41, 5.74) is 0. The fourth-order valence-corrected chi connectivity index (χ4v) is 2.72. The SMILES string of the molecule is CCOC(=O)C(C)S(=O)(=O)c1ccc(Br)cc1. The smallest absolute Gasteiger partial charge is 0.324 e. The number of hydrogen-bond donors (Lipinski definition) is 0. The van der Waals surface area contributed by atoms with Crippen LogP contribution >= 0.6 is 15.9 Å². The third-order valence-electron chi connectivity index (χ3n) is 2.23. The van der Waals surface area contributed by atoms with E-state index in [-0.39, 0.29) is 11.5 Å². The Kier molecular flexibility index (Phi) is 4.70.